The predicted molar refractivity (Wildman–Crippen MR) is 128 cm³/mol. The molecular weight excluding hydrogens is 514 g/mol. The second kappa shape index (κ2) is 13.0. The summed E-state index contributed by atoms with van der Waals surface area (Å²) in [6.07, 6.45) is -1.98. The van der Waals surface area contributed by atoms with Gasteiger partial charge in [-0.15, -0.1) is 0 Å². The molecule has 3 rings (SSSR count). The Balaban J connectivity index is 1.66. The molecule has 0 radical (unpaired) electrons. The maximum absolute atomic E-state index is 15.1. The molecule has 206 valence electrons. The lowest BCUT2D eigenvalue weighted by Crippen LogP contribution is -2.39. The number of carbonyl (C=O) groups is 3. The number of amides is 3. The van der Waals surface area contributed by atoms with Crippen LogP contribution in [0.4, 0.5) is 33.7 Å². The molecule has 0 unspecified atom stereocenters. The first-order valence-electron chi connectivity index (χ1n) is 11.7. The summed E-state index contributed by atoms with van der Waals surface area (Å²) in [7, 11) is 1.32. The number of rotatable bonds is 12. The van der Waals surface area contributed by atoms with Gasteiger partial charge in [-0.3, -0.25) is 24.3 Å². The number of halogens is 4. The summed E-state index contributed by atoms with van der Waals surface area (Å²) >= 11 is 0. The maximum atomic E-state index is 15.1. The number of ether oxygens (including phenoxy) is 1. The summed E-state index contributed by atoms with van der Waals surface area (Å²) in [5, 5.41) is 3.03. The van der Waals surface area contributed by atoms with Crippen molar-refractivity contribution in [1.82, 2.24) is 15.4 Å². The van der Waals surface area contributed by atoms with Crippen molar-refractivity contribution in [1.29, 1.82) is 0 Å². The molecule has 2 aromatic rings. The summed E-state index contributed by atoms with van der Waals surface area (Å²) in [5.41, 5.74) is 0.229. The first-order chi connectivity index (χ1) is 18.1. The average molecular weight is 542 g/mol. The normalized spacial score (nSPS) is 15.0. The second-order valence-electron chi connectivity index (χ2n) is 8.21. The fourth-order valence-electron chi connectivity index (χ4n) is 3.86. The molecule has 38 heavy (non-hydrogen) atoms. The van der Waals surface area contributed by atoms with Crippen LogP contribution in [-0.2, 0) is 25.6 Å². The number of carbonyl (C=O) groups excluding carboxylic acids is 3. The van der Waals surface area contributed by atoms with Gasteiger partial charge in [0.25, 0.3) is 11.8 Å². The van der Waals surface area contributed by atoms with Crippen molar-refractivity contribution in [3.63, 3.8) is 0 Å². The molecule has 1 aliphatic heterocycles. The maximum Gasteiger partial charge on any atom is 0.414 e. The molecule has 10 nitrogen and oxygen atoms in total. The highest BCUT2D eigenvalue weighted by atomic mass is 19.3. The largest absolute Gasteiger partial charge is 0.442 e. The van der Waals surface area contributed by atoms with E-state index in [1.165, 1.54) is 12.0 Å². The molecule has 1 atom stereocenters. The molecule has 1 saturated heterocycles. The third-order valence-electron chi connectivity index (χ3n) is 5.76. The van der Waals surface area contributed by atoms with Gasteiger partial charge in [0.1, 0.15) is 11.8 Å². The Bertz CT molecular complexity index is 1120. The van der Waals surface area contributed by atoms with Gasteiger partial charge in [0.15, 0.2) is 11.6 Å². The van der Waals surface area contributed by atoms with Crippen LogP contribution in [0.5, 0.6) is 0 Å². The highest BCUT2D eigenvalue weighted by Crippen LogP contribution is 2.31. The summed E-state index contributed by atoms with van der Waals surface area (Å²) in [6, 6.07) is 5.28. The first-order valence-corrected chi connectivity index (χ1v) is 11.7. The lowest BCUT2D eigenvalue weighted by molar-refractivity contribution is -0.174. The fraction of sp³-hybridized carbons (Fsp3) is 0.417. The Morgan fingerprint density at radius 2 is 1.87 bits per heavy atom. The van der Waals surface area contributed by atoms with Gasteiger partial charge in [0.05, 0.1) is 38.9 Å². The Morgan fingerprint density at radius 3 is 2.45 bits per heavy atom. The summed E-state index contributed by atoms with van der Waals surface area (Å²) < 4.78 is 59.9. The minimum absolute atomic E-state index is 0.0133. The van der Waals surface area contributed by atoms with E-state index in [1.807, 2.05) is 5.32 Å². The van der Waals surface area contributed by atoms with Crippen LogP contribution in [0.2, 0.25) is 0 Å². The van der Waals surface area contributed by atoms with Crippen LogP contribution in [0, 0.1) is 11.6 Å². The average Bonchev–Trinajstić information content (AvgIpc) is 3.26. The lowest BCUT2D eigenvalue weighted by Gasteiger charge is -2.28. The smallest absolute Gasteiger partial charge is 0.414 e. The molecule has 0 aliphatic carbocycles. The van der Waals surface area contributed by atoms with Crippen LogP contribution >= 0.6 is 0 Å². The summed E-state index contributed by atoms with van der Waals surface area (Å²) in [5.74, 6) is -3.79. The molecule has 14 heteroatoms. The van der Waals surface area contributed by atoms with Gasteiger partial charge in [-0.05, 0) is 24.6 Å². The molecule has 3 amide bonds. The van der Waals surface area contributed by atoms with Crippen molar-refractivity contribution in [3.8, 4) is 0 Å². The van der Waals surface area contributed by atoms with E-state index in [1.54, 1.807) is 31.5 Å². The van der Waals surface area contributed by atoms with Gasteiger partial charge >= 0.3 is 12.5 Å². The number of hydrogen-bond donors (Lipinski definition) is 1. The molecule has 1 fully saturated rings. The Morgan fingerprint density at radius 1 is 1.21 bits per heavy atom. The van der Waals surface area contributed by atoms with Crippen LogP contribution in [0.25, 0.3) is 0 Å². The number of nitrogens with zero attached hydrogens (tertiary/aromatic N) is 4. The number of hydroxylamine groups is 2. The van der Waals surface area contributed by atoms with Gasteiger partial charge in [-0.1, -0.05) is 0 Å². The lowest BCUT2D eigenvalue weighted by atomic mass is 10.2. The topological polar surface area (TPSA) is 104 Å². The molecule has 1 aliphatic rings. The van der Waals surface area contributed by atoms with E-state index in [-0.39, 0.29) is 56.4 Å². The monoisotopic (exact) mass is 541 g/mol. The standard InChI is InChI=1S/C24H27F4N5O5/c1-3-31(8-9-33(37-2)20(34)10-15-4-6-29-7-5-15)21-18(25)11-16(12-19(21)26)32-14-17(38-24(32)36)13-30-23(35)22(27)28/h4-7,11-12,17,22H,3,8-10,13-14H2,1-2H3,(H,30,35)/t17-/m0/s1. The van der Waals surface area contributed by atoms with Gasteiger partial charge in [-0.2, -0.15) is 8.78 Å². The quantitative estimate of drug-likeness (QED) is 0.325. The zero-order valence-electron chi connectivity index (χ0n) is 20.7. The van der Waals surface area contributed by atoms with E-state index in [0.717, 1.165) is 27.7 Å². The minimum atomic E-state index is -3.23. The van der Waals surface area contributed by atoms with E-state index in [4.69, 9.17) is 9.57 Å². The third kappa shape index (κ3) is 7.09. The van der Waals surface area contributed by atoms with Crippen molar-refractivity contribution in [2.24, 2.45) is 0 Å². The number of likely N-dealkylation sites (N-methyl/N-ethyl adjacent to an activating group) is 1. The molecule has 2 heterocycles. The Labute approximate surface area is 216 Å². The van der Waals surface area contributed by atoms with Crippen molar-refractivity contribution >= 4 is 29.3 Å². The van der Waals surface area contributed by atoms with Crippen molar-refractivity contribution < 1.29 is 41.5 Å². The SMILES string of the molecule is CCN(CCN(OC)C(=O)Cc1ccncc1)c1c(F)cc(N2C[C@H](CNC(=O)C(F)F)OC2=O)cc1F. The van der Waals surface area contributed by atoms with Crippen LogP contribution < -0.4 is 15.1 Å². The highest BCUT2D eigenvalue weighted by Gasteiger charge is 2.34. The van der Waals surface area contributed by atoms with Crippen molar-refractivity contribution in [2.75, 3.05) is 49.6 Å². The van der Waals surface area contributed by atoms with E-state index in [2.05, 4.69) is 4.98 Å². The van der Waals surface area contributed by atoms with Crippen LogP contribution in [-0.4, -0.2) is 80.3 Å². The second-order valence-corrected chi connectivity index (χ2v) is 8.21. The van der Waals surface area contributed by atoms with Crippen molar-refractivity contribution in [3.05, 3.63) is 53.9 Å². The third-order valence-corrected chi connectivity index (χ3v) is 5.76. The number of pyridine rings is 1. The Hall–Kier alpha value is -3.94. The number of alkyl halides is 2. The zero-order valence-corrected chi connectivity index (χ0v) is 20.7. The number of cyclic esters (lactones) is 1. The van der Waals surface area contributed by atoms with Gasteiger partial charge in [0.2, 0.25) is 0 Å². The fourth-order valence-corrected chi connectivity index (χ4v) is 3.86. The number of nitrogens with one attached hydrogen (secondary N) is 1. The molecule has 0 saturated carbocycles. The molecule has 1 aromatic carbocycles. The van der Waals surface area contributed by atoms with Gasteiger partial charge < -0.3 is 15.0 Å². The number of hydrogen-bond acceptors (Lipinski definition) is 7. The highest BCUT2D eigenvalue weighted by molar-refractivity contribution is 5.90. The summed E-state index contributed by atoms with van der Waals surface area (Å²) in [6.45, 7) is 1.34. The van der Waals surface area contributed by atoms with Crippen LogP contribution in [0.3, 0.4) is 0 Å². The molecular formula is C24H27F4N5O5. The van der Waals surface area contributed by atoms with Gasteiger partial charge in [-0.25, -0.2) is 18.6 Å². The van der Waals surface area contributed by atoms with E-state index < -0.39 is 36.2 Å². The summed E-state index contributed by atoms with van der Waals surface area (Å²) in [4.78, 5) is 47.2. The molecule has 0 bridgehead atoms. The minimum Gasteiger partial charge on any atom is -0.442 e. The predicted octanol–water partition coefficient (Wildman–Crippen LogP) is 2.53. The molecule has 1 aromatic heterocycles. The first kappa shape index (κ1) is 28.6. The Kier molecular flexibility index (Phi) is 9.82. The van der Waals surface area contributed by atoms with Crippen molar-refractivity contribution in [2.45, 2.75) is 25.9 Å². The molecule has 1 N–H and O–H groups in total. The number of aromatic nitrogens is 1. The van der Waals surface area contributed by atoms with E-state index in [9.17, 15) is 23.2 Å². The van der Waals surface area contributed by atoms with Crippen LogP contribution in [0.1, 0.15) is 12.5 Å². The zero-order chi connectivity index (χ0) is 27.8. The van der Waals surface area contributed by atoms with E-state index in [0.29, 0.717) is 0 Å². The molecule has 0 spiro atoms. The van der Waals surface area contributed by atoms with Gasteiger partial charge in [0, 0.05) is 37.6 Å². The number of anilines is 2. The van der Waals surface area contributed by atoms with Crippen LogP contribution in [0.15, 0.2) is 36.7 Å². The van der Waals surface area contributed by atoms with E-state index >= 15 is 8.78 Å². The number of benzene rings is 1.